The molecule has 1 saturated heterocycles. The van der Waals surface area contributed by atoms with Crippen molar-refractivity contribution in [3.63, 3.8) is 0 Å². The summed E-state index contributed by atoms with van der Waals surface area (Å²) in [6.07, 6.45) is -0.283. The predicted molar refractivity (Wildman–Crippen MR) is 77.0 cm³/mol. The van der Waals surface area contributed by atoms with Gasteiger partial charge < -0.3 is 9.64 Å². The molecule has 2 rings (SSSR count). The fraction of sp³-hybridized carbons (Fsp3) is 0.500. The van der Waals surface area contributed by atoms with E-state index in [-0.39, 0.29) is 17.8 Å². The molecule has 0 atom stereocenters. The number of likely N-dealkylation sites (tertiary alicyclic amines) is 1. The molecule has 1 heterocycles. The zero-order chi connectivity index (χ0) is 14.9. The highest BCUT2D eigenvalue weighted by Gasteiger charge is 2.35. The highest BCUT2D eigenvalue weighted by Crippen LogP contribution is 2.30. The normalized spacial score (nSPS) is 15.7. The smallest absolute Gasteiger partial charge is 0.410 e. The van der Waals surface area contributed by atoms with E-state index in [1.807, 2.05) is 45.0 Å². The van der Waals surface area contributed by atoms with Gasteiger partial charge in [0.05, 0.1) is 0 Å². The van der Waals surface area contributed by atoms with E-state index in [1.54, 1.807) is 11.8 Å². The van der Waals surface area contributed by atoms with Gasteiger partial charge in [-0.2, -0.15) is 0 Å². The molecule has 0 aromatic heterocycles. The van der Waals surface area contributed by atoms with Gasteiger partial charge in [-0.25, -0.2) is 4.79 Å². The van der Waals surface area contributed by atoms with Gasteiger partial charge in [-0.15, -0.1) is 0 Å². The number of rotatable bonds is 2. The van der Waals surface area contributed by atoms with E-state index in [0.717, 1.165) is 11.1 Å². The molecule has 0 saturated carbocycles. The van der Waals surface area contributed by atoms with Crippen LogP contribution in [0.5, 0.6) is 0 Å². The molecule has 4 heteroatoms. The summed E-state index contributed by atoms with van der Waals surface area (Å²) in [6.45, 7) is 8.36. The van der Waals surface area contributed by atoms with Gasteiger partial charge in [-0.3, -0.25) is 4.79 Å². The third kappa shape index (κ3) is 3.18. The molecule has 20 heavy (non-hydrogen) atoms. The zero-order valence-corrected chi connectivity index (χ0v) is 12.5. The molecule has 1 aromatic carbocycles. The molecule has 108 valence electrons. The van der Waals surface area contributed by atoms with E-state index >= 15 is 0 Å². The van der Waals surface area contributed by atoms with Crippen LogP contribution in [0, 0.1) is 0 Å². The highest BCUT2D eigenvalue weighted by molar-refractivity contribution is 5.95. The summed E-state index contributed by atoms with van der Waals surface area (Å²) in [7, 11) is 0. The van der Waals surface area contributed by atoms with Crippen molar-refractivity contribution in [1.82, 2.24) is 4.90 Å². The molecule has 1 aliphatic heterocycles. The summed E-state index contributed by atoms with van der Waals surface area (Å²) in [5.74, 6) is 0.291. The first-order valence-corrected chi connectivity index (χ1v) is 6.86. The van der Waals surface area contributed by atoms with E-state index in [2.05, 4.69) is 0 Å². The average Bonchev–Trinajstić information content (AvgIpc) is 2.24. The van der Waals surface area contributed by atoms with Crippen molar-refractivity contribution in [3.05, 3.63) is 35.4 Å². The molecule has 0 N–H and O–H groups in total. The number of amides is 1. The molecule has 1 fully saturated rings. The van der Waals surface area contributed by atoms with Gasteiger partial charge in [-0.05, 0) is 33.3 Å². The quantitative estimate of drug-likeness (QED) is 0.778. The van der Waals surface area contributed by atoms with Gasteiger partial charge in [0.1, 0.15) is 5.60 Å². The summed E-state index contributed by atoms with van der Waals surface area (Å²) < 4.78 is 5.32. The van der Waals surface area contributed by atoms with Crippen LogP contribution in [0.4, 0.5) is 4.79 Å². The van der Waals surface area contributed by atoms with Crippen molar-refractivity contribution in [2.45, 2.75) is 39.2 Å². The third-order valence-corrected chi connectivity index (χ3v) is 3.31. The lowest BCUT2D eigenvalue weighted by Gasteiger charge is -2.40. The van der Waals surface area contributed by atoms with Crippen LogP contribution in [-0.2, 0) is 4.74 Å². The van der Waals surface area contributed by atoms with Crippen molar-refractivity contribution in [1.29, 1.82) is 0 Å². The van der Waals surface area contributed by atoms with Crippen LogP contribution in [0.15, 0.2) is 24.3 Å². The molecule has 1 aromatic rings. The van der Waals surface area contributed by atoms with E-state index in [1.165, 1.54) is 0 Å². The second kappa shape index (κ2) is 5.27. The first-order valence-electron chi connectivity index (χ1n) is 6.86. The lowest BCUT2D eigenvalue weighted by Crippen LogP contribution is -2.50. The number of Topliss-reactive ketones (excluding diaryl/α,β-unsaturated/α-hetero) is 1. The van der Waals surface area contributed by atoms with Crippen LogP contribution in [0.2, 0.25) is 0 Å². The van der Waals surface area contributed by atoms with Crippen LogP contribution in [0.1, 0.15) is 49.5 Å². The Labute approximate surface area is 119 Å². The maximum atomic E-state index is 11.9. The number of hydrogen-bond acceptors (Lipinski definition) is 3. The Morgan fingerprint density at radius 3 is 2.35 bits per heavy atom. The van der Waals surface area contributed by atoms with Crippen LogP contribution in [0.25, 0.3) is 0 Å². The van der Waals surface area contributed by atoms with Gasteiger partial charge in [0.2, 0.25) is 0 Å². The summed E-state index contributed by atoms with van der Waals surface area (Å²) in [4.78, 5) is 25.2. The number of nitrogens with zero attached hydrogens (tertiary/aromatic N) is 1. The lowest BCUT2D eigenvalue weighted by molar-refractivity contribution is 0.00817. The fourth-order valence-electron chi connectivity index (χ4n) is 2.32. The standard InChI is InChI=1S/C16H21NO3/c1-11(18)13-7-5-6-8-14(13)12-9-17(10-12)15(19)20-16(2,3)4/h5-8,12H,9-10H2,1-4H3. The monoisotopic (exact) mass is 275 g/mol. The molecule has 1 amide bonds. The molecule has 0 bridgehead atoms. The molecule has 1 aliphatic rings. The largest absolute Gasteiger partial charge is 0.444 e. The van der Waals surface area contributed by atoms with Crippen molar-refractivity contribution in [2.75, 3.05) is 13.1 Å². The van der Waals surface area contributed by atoms with Crippen molar-refractivity contribution >= 4 is 11.9 Å². The molecular weight excluding hydrogens is 254 g/mol. The minimum Gasteiger partial charge on any atom is -0.444 e. The highest BCUT2D eigenvalue weighted by atomic mass is 16.6. The number of ketones is 1. The average molecular weight is 275 g/mol. The van der Waals surface area contributed by atoms with Gasteiger partial charge in [0, 0.05) is 24.6 Å². The van der Waals surface area contributed by atoms with E-state index in [4.69, 9.17) is 4.74 Å². The van der Waals surface area contributed by atoms with E-state index in [0.29, 0.717) is 13.1 Å². The van der Waals surface area contributed by atoms with Crippen LogP contribution < -0.4 is 0 Å². The zero-order valence-electron chi connectivity index (χ0n) is 12.5. The minimum atomic E-state index is -0.473. The Morgan fingerprint density at radius 2 is 1.80 bits per heavy atom. The maximum absolute atomic E-state index is 11.9. The van der Waals surface area contributed by atoms with Gasteiger partial charge in [0.25, 0.3) is 0 Å². The number of carbonyl (C=O) groups is 2. The van der Waals surface area contributed by atoms with Crippen LogP contribution in [-0.4, -0.2) is 35.5 Å². The Bertz CT molecular complexity index is 525. The summed E-state index contributed by atoms with van der Waals surface area (Å²) in [6, 6.07) is 7.60. The summed E-state index contributed by atoms with van der Waals surface area (Å²) in [5, 5.41) is 0. The van der Waals surface area contributed by atoms with E-state index < -0.39 is 5.60 Å². The van der Waals surface area contributed by atoms with Crippen molar-refractivity contribution in [3.8, 4) is 0 Å². The minimum absolute atomic E-state index is 0.0660. The first-order chi connectivity index (χ1) is 9.28. The third-order valence-electron chi connectivity index (χ3n) is 3.31. The Balaban J connectivity index is 2.00. The topological polar surface area (TPSA) is 46.6 Å². The van der Waals surface area contributed by atoms with Crippen LogP contribution >= 0.6 is 0 Å². The SMILES string of the molecule is CC(=O)c1ccccc1C1CN(C(=O)OC(C)(C)C)C1. The second-order valence-corrected chi connectivity index (χ2v) is 6.23. The fourth-order valence-corrected chi connectivity index (χ4v) is 2.32. The summed E-state index contributed by atoms with van der Waals surface area (Å²) in [5.41, 5.74) is 1.31. The lowest BCUT2D eigenvalue weighted by atomic mass is 9.87. The molecule has 0 unspecified atom stereocenters. The van der Waals surface area contributed by atoms with Gasteiger partial charge >= 0.3 is 6.09 Å². The van der Waals surface area contributed by atoms with Gasteiger partial charge in [-0.1, -0.05) is 24.3 Å². The Morgan fingerprint density at radius 1 is 1.20 bits per heavy atom. The number of carbonyl (C=O) groups excluding carboxylic acids is 2. The molecular formula is C16H21NO3. The number of benzene rings is 1. The Hall–Kier alpha value is -1.84. The maximum Gasteiger partial charge on any atom is 0.410 e. The second-order valence-electron chi connectivity index (χ2n) is 6.23. The molecule has 0 spiro atoms. The Kier molecular flexibility index (Phi) is 3.84. The van der Waals surface area contributed by atoms with Crippen molar-refractivity contribution in [2.24, 2.45) is 0 Å². The molecule has 4 nitrogen and oxygen atoms in total. The predicted octanol–water partition coefficient (Wildman–Crippen LogP) is 3.22. The number of ether oxygens (including phenoxy) is 1. The molecule has 0 aliphatic carbocycles. The summed E-state index contributed by atoms with van der Waals surface area (Å²) >= 11 is 0. The van der Waals surface area contributed by atoms with Crippen molar-refractivity contribution < 1.29 is 14.3 Å². The van der Waals surface area contributed by atoms with Gasteiger partial charge in [0.15, 0.2) is 5.78 Å². The first kappa shape index (κ1) is 14.6. The molecule has 0 radical (unpaired) electrons. The number of hydrogen-bond donors (Lipinski definition) is 0. The van der Waals surface area contributed by atoms with Crippen LogP contribution in [0.3, 0.4) is 0 Å². The van der Waals surface area contributed by atoms with E-state index in [9.17, 15) is 9.59 Å².